The summed E-state index contributed by atoms with van der Waals surface area (Å²) < 4.78 is 0. The largest absolute Gasteiger partial charge is 0.310 e. The highest BCUT2D eigenvalue weighted by Gasteiger charge is 2.28. The van der Waals surface area contributed by atoms with Gasteiger partial charge in [-0.3, -0.25) is 9.59 Å². The van der Waals surface area contributed by atoms with Gasteiger partial charge in [-0.05, 0) is 42.0 Å². The number of para-hydroxylation sites is 2. The number of rotatable bonds is 4. The highest BCUT2D eigenvalue weighted by atomic mass is 16.2. The van der Waals surface area contributed by atoms with E-state index in [9.17, 15) is 9.59 Å². The average molecular weight is 350 g/mol. The minimum Gasteiger partial charge on any atom is -0.310 e. The molecule has 0 atom stereocenters. The van der Waals surface area contributed by atoms with Crippen molar-refractivity contribution in [3.63, 3.8) is 0 Å². The summed E-state index contributed by atoms with van der Waals surface area (Å²) in [6.45, 7) is 8.47. The van der Waals surface area contributed by atoms with E-state index in [1.54, 1.807) is 9.80 Å². The summed E-state index contributed by atoms with van der Waals surface area (Å²) in [5.74, 6) is 0.125. The molecular formula is C22H26N2O2. The zero-order valence-electron chi connectivity index (χ0n) is 16.0. The Kier molecular flexibility index (Phi) is 5.12. The van der Waals surface area contributed by atoms with E-state index in [0.717, 1.165) is 28.9 Å². The summed E-state index contributed by atoms with van der Waals surface area (Å²) in [6.07, 6.45) is 0.865. The number of fused-ring (bicyclic) bond motifs is 1. The van der Waals surface area contributed by atoms with Gasteiger partial charge >= 0.3 is 0 Å². The number of aryl methyl sites for hydroxylation is 1. The Hall–Kier alpha value is -2.62. The second-order valence-electron chi connectivity index (χ2n) is 7.20. The van der Waals surface area contributed by atoms with Crippen molar-refractivity contribution in [1.29, 1.82) is 0 Å². The number of carbonyl (C=O) groups excluding carboxylic acids is 2. The topological polar surface area (TPSA) is 40.6 Å². The predicted molar refractivity (Wildman–Crippen MR) is 106 cm³/mol. The van der Waals surface area contributed by atoms with E-state index >= 15 is 0 Å². The smallest absolute Gasteiger partial charge is 0.247 e. The van der Waals surface area contributed by atoms with E-state index in [2.05, 4.69) is 19.9 Å². The van der Waals surface area contributed by atoms with Gasteiger partial charge in [0, 0.05) is 19.2 Å². The monoisotopic (exact) mass is 350 g/mol. The quantitative estimate of drug-likeness (QED) is 0.834. The Morgan fingerprint density at radius 2 is 1.85 bits per heavy atom. The van der Waals surface area contributed by atoms with Gasteiger partial charge in [-0.2, -0.15) is 0 Å². The van der Waals surface area contributed by atoms with E-state index in [1.165, 1.54) is 12.5 Å². The SMILES string of the molecule is CC(=O)N(CC(=O)N1CCc2ccccc21)c1c(C)cccc1C(C)C. The zero-order chi connectivity index (χ0) is 18.8. The van der Waals surface area contributed by atoms with Crippen molar-refractivity contribution in [2.75, 3.05) is 22.9 Å². The predicted octanol–water partition coefficient (Wildman–Crippen LogP) is 4.06. The van der Waals surface area contributed by atoms with Crippen molar-refractivity contribution in [1.82, 2.24) is 0 Å². The van der Waals surface area contributed by atoms with E-state index in [1.807, 2.05) is 43.3 Å². The van der Waals surface area contributed by atoms with Crippen LogP contribution in [0.4, 0.5) is 11.4 Å². The standard InChI is InChI=1S/C22H26N2O2/c1-15(2)19-10-7-8-16(3)22(19)24(17(4)25)14-21(26)23-13-12-18-9-5-6-11-20(18)23/h5-11,15H,12-14H2,1-4H3. The minimum absolute atomic E-state index is 0.0388. The van der Waals surface area contributed by atoms with Crippen LogP contribution in [-0.4, -0.2) is 24.9 Å². The lowest BCUT2D eigenvalue weighted by Gasteiger charge is -2.28. The highest BCUT2D eigenvalue weighted by Crippen LogP contribution is 2.32. The highest BCUT2D eigenvalue weighted by molar-refractivity contribution is 6.04. The Labute approximate surface area is 155 Å². The fourth-order valence-electron chi connectivity index (χ4n) is 3.68. The van der Waals surface area contributed by atoms with Crippen LogP contribution >= 0.6 is 0 Å². The number of amides is 2. The molecule has 0 fully saturated rings. The molecular weight excluding hydrogens is 324 g/mol. The first-order valence-electron chi connectivity index (χ1n) is 9.16. The summed E-state index contributed by atoms with van der Waals surface area (Å²) in [5.41, 5.74) is 5.13. The zero-order valence-corrected chi connectivity index (χ0v) is 16.0. The summed E-state index contributed by atoms with van der Waals surface area (Å²) in [4.78, 5) is 28.9. The molecule has 26 heavy (non-hydrogen) atoms. The van der Waals surface area contributed by atoms with Gasteiger partial charge in [0.2, 0.25) is 11.8 Å². The average Bonchev–Trinajstić information content (AvgIpc) is 3.03. The Balaban J connectivity index is 1.92. The molecule has 0 spiro atoms. The molecule has 136 valence electrons. The molecule has 2 amide bonds. The molecule has 0 aromatic heterocycles. The summed E-state index contributed by atoms with van der Waals surface area (Å²) in [6, 6.07) is 14.0. The first kappa shape index (κ1) is 18.2. The number of hydrogen-bond donors (Lipinski definition) is 0. The van der Waals surface area contributed by atoms with Crippen molar-refractivity contribution in [3.8, 4) is 0 Å². The third-order valence-corrected chi connectivity index (χ3v) is 5.02. The third kappa shape index (κ3) is 3.36. The molecule has 4 nitrogen and oxygen atoms in total. The lowest BCUT2D eigenvalue weighted by molar-refractivity contribution is -0.121. The normalized spacial score (nSPS) is 13.0. The van der Waals surface area contributed by atoms with Crippen molar-refractivity contribution in [2.45, 2.75) is 40.0 Å². The molecule has 0 N–H and O–H groups in total. The molecule has 1 heterocycles. The van der Waals surface area contributed by atoms with Crippen LogP contribution in [0.1, 0.15) is 43.4 Å². The molecule has 0 radical (unpaired) electrons. The van der Waals surface area contributed by atoms with Crippen LogP contribution in [-0.2, 0) is 16.0 Å². The van der Waals surface area contributed by atoms with E-state index in [0.29, 0.717) is 6.54 Å². The molecule has 1 aliphatic rings. The van der Waals surface area contributed by atoms with Crippen LogP contribution in [0.2, 0.25) is 0 Å². The maximum atomic E-state index is 13.0. The van der Waals surface area contributed by atoms with Gasteiger partial charge in [0.1, 0.15) is 6.54 Å². The molecule has 0 bridgehead atoms. The van der Waals surface area contributed by atoms with Crippen molar-refractivity contribution >= 4 is 23.2 Å². The van der Waals surface area contributed by atoms with Gasteiger partial charge < -0.3 is 9.80 Å². The van der Waals surface area contributed by atoms with Crippen molar-refractivity contribution in [3.05, 3.63) is 59.2 Å². The number of hydrogen-bond acceptors (Lipinski definition) is 2. The van der Waals surface area contributed by atoms with Crippen LogP contribution in [0.25, 0.3) is 0 Å². The van der Waals surface area contributed by atoms with Crippen LogP contribution in [0.15, 0.2) is 42.5 Å². The molecule has 1 aliphatic heterocycles. The summed E-state index contributed by atoms with van der Waals surface area (Å²) in [7, 11) is 0. The fourth-order valence-corrected chi connectivity index (χ4v) is 3.68. The van der Waals surface area contributed by atoms with Crippen LogP contribution in [0.3, 0.4) is 0 Å². The fraction of sp³-hybridized carbons (Fsp3) is 0.364. The van der Waals surface area contributed by atoms with Crippen molar-refractivity contribution in [2.24, 2.45) is 0 Å². The maximum absolute atomic E-state index is 13.0. The summed E-state index contributed by atoms with van der Waals surface area (Å²) in [5, 5.41) is 0. The third-order valence-electron chi connectivity index (χ3n) is 5.02. The minimum atomic E-state index is -0.109. The molecule has 2 aromatic rings. The second-order valence-corrected chi connectivity index (χ2v) is 7.20. The van der Waals surface area contributed by atoms with Gasteiger partial charge in [-0.25, -0.2) is 0 Å². The molecule has 0 saturated carbocycles. The molecule has 0 aliphatic carbocycles. The van der Waals surface area contributed by atoms with Gasteiger partial charge in [0.25, 0.3) is 0 Å². The molecule has 4 heteroatoms. The number of nitrogens with zero attached hydrogens (tertiary/aromatic N) is 2. The first-order valence-corrected chi connectivity index (χ1v) is 9.16. The number of carbonyl (C=O) groups is 2. The Bertz CT molecular complexity index is 842. The van der Waals surface area contributed by atoms with Crippen molar-refractivity contribution < 1.29 is 9.59 Å². The molecule has 0 unspecified atom stereocenters. The van der Waals surface area contributed by atoms with Gasteiger partial charge in [-0.15, -0.1) is 0 Å². The van der Waals surface area contributed by atoms with Gasteiger partial charge in [0.15, 0.2) is 0 Å². The Morgan fingerprint density at radius 3 is 2.54 bits per heavy atom. The van der Waals surface area contributed by atoms with E-state index in [-0.39, 0.29) is 24.3 Å². The molecule has 3 rings (SSSR count). The maximum Gasteiger partial charge on any atom is 0.247 e. The Morgan fingerprint density at radius 1 is 1.12 bits per heavy atom. The van der Waals surface area contributed by atoms with Crippen LogP contribution in [0, 0.1) is 6.92 Å². The molecule has 2 aromatic carbocycles. The van der Waals surface area contributed by atoms with E-state index in [4.69, 9.17) is 0 Å². The lowest BCUT2D eigenvalue weighted by Crippen LogP contribution is -2.42. The summed E-state index contributed by atoms with van der Waals surface area (Å²) >= 11 is 0. The lowest BCUT2D eigenvalue weighted by atomic mass is 9.97. The second kappa shape index (κ2) is 7.32. The first-order chi connectivity index (χ1) is 12.4. The number of anilines is 2. The van der Waals surface area contributed by atoms with Gasteiger partial charge in [-0.1, -0.05) is 50.2 Å². The van der Waals surface area contributed by atoms with Crippen LogP contribution in [0.5, 0.6) is 0 Å². The van der Waals surface area contributed by atoms with Crippen LogP contribution < -0.4 is 9.80 Å². The number of benzene rings is 2. The van der Waals surface area contributed by atoms with Gasteiger partial charge in [0.05, 0.1) is 5.69 Å². The van der Waals surface area contributed by atoms with E-state index < -0.39 is 0 Å². The molecule has 0 saturated heterocycles.